The van der Waals surface area contributed by atoms with Crippen LogP contribution in [0.2, 0.25) is 0 Å². The van der Waals surface area contributed by atoms with E-state index in [4.69, 9.17) is 9.84 Å². The van der Waals surface area contributed by atoms with Crippen molar-refractivity contribution in [2.24, 2.45) is 0 Å². The largest absolute Gasteiger partial charge is 0.482 e. The summed E-state index contributed by atoms with van der Waals surface area (Å²) < 4.78 is 5.72. The number of hydrogen-bond donors (Lipinski definition) is 2. The molecule has 1 atom stereocenters. The highest BCUT2D eigenvalue weighted by molar-refractivity contribution is 5.37. The maximum absolute atomic E-state index is 8.89. The lowest BCUT2D eigenvalue weighted by Gasteiger charge is -2.04. The first-order valence-electron chi connectivity index (χ1n) is 5.13. The van der Waals surface area contributed by atoms with Gasteiger partial charge in [-0.2, -0.15) is 5.10 Å². The van der Waals surface area contributed by atoms with Crippen molar-refractivity contribution in [3.8, 4) is 5.75 Å². The van der Waals surface area contributed by atoms with Gasteiger partial charge in [0.2, 0.25) is 0 Å². The summed E-state index contributed by atoms with van der Waals surface area (Å²) in [6.07, 6.45) is 0.632. The molecule has 5 heteroatoms. The number of aliphatic hydroxyl groups is 1. The van der Waals surface area contributed by atoms with Crippen molar-refractivity contribution < 1.29 is 9.84 Å². The topological polar surface area (TPSA) is 71.0 Å². The minimum Gasteiger partial charge on any atom is -0.482 e. The number of ether oxygens (including phenoxy) is 1. The molecule has 1 aliphatic rings. The quantitative estimate of drug-likeness (QED) is 0.786. The molecule has 0 radical (unpaired) electrons. The maximum atomic E-state index is 8.89. The highest BCUT2D eigenvalue weighted by Crippen LogP contribution is 2.34. The van der Waals surface area contributed by atoms with Gasteiger partial charge >= 0.3 is 0 Å². The molecular weight excluding hydrogens is 206 g/mol. The first kappa shape index (κ1) is 9.35. The number of benzene rings is 1. The Morgan fingerprint density at radius 2 is 2.31 bits per heavy atom. The summed E-state index contributed by atoms with van der Waals surface area (Å²) in [4.78, 5) is 4.15. The number of fused-ring (bicyclic) bond motifs is 1. The number of nitrogens with one attached hydrogen (secondary N) is 1. The summed E-state index contributed by atoms with van der Waals surface area (Å²) in [5.41, 5.74) is 1.17. The van der Waals surface area contributed by atoms with E-state index in [1.807, 2.05) is 24.3 Å². The van der Waals surface area contributed by atoms with Gasteiger partial charge in [0.1, 0.15) is 18.2 Å². The van der Waals surface area contributed by atoms with Gasteiger partial charge in [-0.25, -0.2) is 4.98 Å². The van der Waals surface area contributed by atoms with Crippen LogP contribution in [0.25, 0.3) is 0 Å². The molecule has 0 fully saturated rings. The Morgan fingerprint density at radius 3 is 3.06 bits per heavy atom. The second kappa shape index (κ2) is 3.61. The predicted molar refractivity (Wildman–Crippen MR) is 55.8 cm³/mol. The van der Waals surface area contributed by atoms with Crippen molar-refractivity contribution >= 4 is 0 Å². The predicted octanol–water partition coefficient (Wildman–Crippen LogP) is 0.973. The Labute approximate surface area is 92.1 Å². The van der Waals surface area contributed by atoms with Crippen molar-refractivity contribution in [3.63, 3.8) is 0 Å². The van der Waals surface area contributed by atoms with Crippen LogP contribution in [0.4, 0.5) is 0 Å². The summed E-state index contributed by atoms with van der Waals surface area (Å²) in [6.45, 7) is -0.132. The third kappa shape index (κ3) is 1.45. The second-order valence-electron chi connectivity index (χ2n) is 3.72. The van der Waals surface area contributed by atoms with E-state index in [-0.39, 0.29) is 12.7 Å². The molecule has 3 rings (SSSR count). The van der Waals surface area contributed by atoms with Gasteiger partial charge in [-0.05, 0) is 11.6 Å². The van der Waals surface area contributed by atoms with Gasteiger partial charge in [-0.1, -0.05) is 18.2 Å². The van der Waals surface area contributed by atoms with Gasteiger partial charge in [0, 0.05) is 6.42 Å². The SMILES string of the molecule is OCc1nc(C2Cc3ccccc3O2)n[nH]1. The van der Waals surface area contributed by atoms with E-state index in [1.165, 1.54) is 5.56 Å². The summed E-state index contributed by atoms with van der Waals surface area (Å²) in [5.74, 6) is 1.96. The zero-order valence-corrected chi connectivity index (χ0v) is 8.55. The van der Waals surface area contributed by atoms with Crippen LogP contribution in [0, 0.1) is 0 Å². The van der Waals surface area contributed by atoms with Gasteiger partial charge in [0.05, 0.1) is 0 Å². The van der Waals surface area contributed by atoms with Gasteiger partial charge < -0.3 is 9.84 Å². The minimum atomic E-state index is -0.144. The zero-order valence-electron chi connectivity index (χ0n) is 8.55. The van der Waals surface area contributed by atoms with Crippen molar-refractivity contribution in [2.75, 3.05) is 0 Å². The number of hydrogen-bond acceptors (Lipinski definition) is 4. The zero-order chi connectivity index (χ0) is 11.0. The monoisotopic (exact) mass is 217 g/mol. The van der Waals surface area contributed by atoms with Gasteiger partial charge in [-0.15, -0.1) is 0 Å². The Morgan fingerprint density at radius 1 is 1.44 bits per heavy atom. The third-order valence-corrected chi connectivity index (χ3v) is 2.63. The number of para-hydroxylation sites is 1. The molecule has 2 aromatic rings. The highest BCUT2D eigenvalue weighted by Gasteiger charge is 2.27. The summed E-state index contributed by atoms with van der Waals surface area (Å²) in [6, 6.07) is 7.91. The number of nitrogens with zero attached hydrogens (tertiary/aromatic N) is 2. The number of aliphatic hydroxyl groups excluding tert-OH is 1. The smallest absolute Gasteiger partial charge is 0.191 e. The molecule has 1 aliphatic heterocycles. The Kier molecular flexibility index (Phi) is 2.11. The second-order valence-corrected chi connectivity index (χ2v) is 3.72. The molecule has 0 aliphatic carbocycles. The molecule has 0 saturated carbocycles. The van der Waals surface area contributed by atoms with E-state index >= 15 is 0 Å². The number of H-pyrrole nitrogens is 1. The van der Waals surface area contributed by atoms with Crippen molar-refractivity contribution in [2.45, 2.75) is 19.1 Å². The van der Waals surface area contributed by atoms with Crippen LogP contribution < -0.4 is 4.74 Å². The lowest BCUT2D eigenvalue weighted by atomic mass is 10.1. The van der Waals surface area contributed by atoms with Gasteiger partial charge in [0.25, 0.3) is 0 Å². The van der Waals surface area contributed by atoms with Gasteiger partial charge in [0.15, 0.2) is 11.9 Å². The normalized spacial score (nSPS) is 18.2. The molecule has 0 saturated heterocycles. The molecule has 1 aromatic heterocycles. The van der Waals surface area contributed by atoms with Crippen LogP contribution in [0.3, 0.4) is 0 Å². The molecule has 0 bridgehead atoms. The average molecular weight is 217 g/mol. The number of aromatic nitrogens is 3. The molecule has 5 nitrogen and oxygen atoms in total. The third-order valence-electron chi connectivity index (χ3n) is 2.63. The van der Waals surface area contributed by atoms with Crippen LogP contribution in [0.15, 0.2) is 24.3 Å². The van der Waals surface area contributed by atoms with E-state index in [0.717, 1.165) is 12.2 Å². The van der Waals surface area contributed by atoms with E-state index in [9.17, 15) is 0 Å². The number of aromatic amines is 1. The van der Waals surface area contributed by atoms with Crippen LogP contribution in [0.5, 0.6) is 5.75 Å². The van der Waals surface area contributed by atoms with Crippen LogP contribution in [0.1, 0.15) is 23.3 Å². The van der Waals surface area contributed by atoms with Crippen molar-refractivity contribution in [1.82, 2.24) is 15.2 Å². The molecular formula is C11H11N3O2. The molecule has 0 spiro atoms. The standard InChI is InChI=1S/C11H11N3O2/c15-6-10-12-11(14-13-10)9-5-7-3-1-2-4-8(7)16-9/h1-4,9,15H,5-6H2,(H,12,13,14). The lowest BCUT2D eigenvalue weighted by molar-refractivity contribution is 0.227. The average Bonchev–Trinajstić information content (AvgIpc) is 2.95. The van der Waals surface area contributed by atoms with Crippen LogP contribution in [-0.4, -0.2) is 20.3 Å². The molecule has 2 N–H and O–H groups in total. The summed E-state index contributed by atoms with van der Waals surface area (Å²) in [7, 11) is 0. The summed E-state index contributed by atoms with van der Waals surface area (Å²) >= 11 is 0. The minimum absolute atomic E-state index is 0.132. The van der Waals surface area contributed by atoms with E-state index in [2.05, 4.69) is 15.2 Å². The Hall–Kier alpha value is -1.88. The van der Waals surface area contributed by atoms with E-state index in [1.54, 1.807) is 0 Å². The molecule has 2 heterocycles. The van der Waals surface area contributed by atoms with Crippen LogP contribution >= 0.6 is 0 Å². The first-order chi connectivity index (χ1) is 7.86. The number of rotatable bonds is 2. The highest BCUT2D eigenvalue weighted by atomic mass is 16.5. The first-order valence-corrected chi connectivity index (χ1v) is 5.13. The van der Waals surface area contributed by atoms with Crippen molar-refractivity contribution in [1.29, 1.82) is 0 Å². The van der Waals surface area contributed by atoms with Gasteiger partial charge in [-0.3, -0.25) is 5.10 Å². The van der Waals surface area contributed by atoms with E-state index in [0.29, 0.717) is 11.6 Å². The molecule has 16 heavy (non-hydrogen) atoms. The lowest BCUT2D eigenvalue weighted by Crippen LogP contribution is -2.05. The fourth-order valence-corrected chi connectivity index (χ4v) is 1.85. The Bertz CT molecular complexity index is 484. The summed E-state index contributed by atoms with van der Waals surface area (Å²) in [5, 5.41) is 15.6. The fraction of sp³-hybridized carbons (Fsp3) is 0.273. The Balaban J connectivity index is 1.85. The van der Waals surface area contributed by atoms with Crippen LogP contribution in [-0.2, 0) is 13.0 Å². The molecule has 0 amide bonds. The maximum Gasteiger partial charge on any atom is 0.191 e. The molecule has 1 unspecified atom stereocenters. The molecule has 82 valence electrons. The molecule has 1 aromatic carbocycles. The van der Waals surface area contributed by atoms with Crippen molar-refractivity contribution in [3.05, 3.63) is 41.5 Å². The fourth-order valence-electron chi connectivity index (χ4n) is 1.85. The van der Waals surface area contributed by atoms with E-state index < -0.39 is 0 Å².